The van der Waals surface area contributed by atoms with E-state index in [1.54, 1.807) is 0 Å². The number of benzene rings is 3. The molecule has 1 fully saturated rings. The number of hydrogen-bond acceptors (Lipinski definition) is 3. The van der Waals surface area contributed by atoms with E-state index in [0.717, 1.165) is 86.4 Å². The van der Waals surface area contributed by atoms with Gasteiger partial charge in [0, 0.05) is 25.8 Å². The highest BCUT2D eigenvalue weighted by Crippen LogP contribution is 2.27. The Morgan fingerprint density at radius 2 is 1.30 bits per heavy atom. The molecule has 43 heavy (non-hydrogen) atoms. The average Bonchev–Trinajstić information content (AvgIpc) is 3.50. The highest BCUT2D eigenvalue weighted by atomic mass is 127. The van der Waals surface area contributed by atoms with Crippen LogP contribution in [0.15, 0.2) is 84.9 Å². The van der Waals surface area contributed by atoms with E-state index >= 15 is 0 Å². The number of carbonyl (C=O) groups excluding carboxylic acids is 1. The van der Waals surface area contributed by atoms with Crippen molar-refractivity contribution in [2.24, 2.45) is 0 Å². The second-order valence-electron chi connectivity index (χ2n) is 11.8. The van der Waals surface area contributed by atoms with Crippen LogP contribution < -0.4 is 38.8 Å². The summed E-state index contributed by atoms with van der Waals surface area (Å²) in [6.07, 6.45) is 11.3. The van der Waals surface area contributed by atoms with Crippen LogP contribution in [0.4, 0.5) is 0 Å². The standard InChI is InChI=1S/C37H50N2O3.HI/c1-2-26-39(27-14-15-28-39)36(30-32-17-9-7-10-18-32)37(40)38-25-13-5-3-4-6-16-29-41-34-21-23-35(24-22-34)42-31-33-19-11-8-12-20-33;/h7-12,17-24,36H,2-6,13-16,25-31H2,1H3;1H. The zero-order valence-corrected chi connectivity index (χ0v) is 28.2. The normalized spacial score (nSPS) is 14.4. The monoisotopic (exact) mass is 698 g/mol. The Hall–Kier alpha value is -2.58. The Labute approximate surface area is 277 Å². The number of nitrogens with zero attached hydrogens (tertiary/aromatic N) is 1. The molecule has 1 saturated heterocycles. The second kappa shape index (κ2) is 19.6. The Kier molecular flexibility index (Phi) is 15.9. The van der Waals surface area contributed by atoms with Gasteiger partial charge in [0.1, 0.15) is 18.1 Å². The fourth-order valence-electron chi connectivity index (χ4n) is 6.30. The first-order valence-electron chi connectivity index (χ1n) is 16.3. The van der Waals surface area contributed by atoms with Gasteiger partial charge in [-0.25, -0.2) is 0 Å². The molecule has 3 aromatic carbocycles. The van der Waals surface area contributed by atoms with Crippen molar-refractivity contribution in [1.82, 2.24) is 5.32 Å². The topological polar surface area (TPSA) is 47.6 Å². The van der Waals surface area contributed by atoms with E-state index < -0.39 is 0 Å². The number of hydrogen-bond donors (Lipinski definition) is 1. The summed E-state index contributed by atoms with van der Waals surface area (Å²) in [7, 11) is 0. The maximum atomic E-state index is 13.5. The summed E-state index contributed by atoms with van der Waals surface area (Å²) in [5, 5.41) is 3.33. The van der Waals surface area contributed by atoms with Crippen molar-refractivity contribution in [2.45, 2.75) is 83.8 Å². The molecule has 1 unspecified atom stereocenters. The minimum absolute atomic E-state index is 0. The van der Waals surface area contributed by atoms with Gasteiger partial charge in [-0.2, -0.15) is 0 Å². The van der Waals surface area contributed by atoms with Crippen LogP contribution in [0.2, 0.25) is 0 Å². The van der Waals surface area contributed by atoms with Gasteiger partial charge >= 0.3 is 0 Å². The molecular weight excluding hydrogens is 647 g/mol. The van der Waals surface area contributed by atoms with Crippen molar-refractivity contribution < 1.29 is 42.7 Å². The van der Waals surface area contributed by atoms with E-state index in [9.17, 15) is 4.79 Å². The molecule has 1 N–H and O–H groups in total. The number of carbonyl (C=O) groups is 1. The summed E-state index contributed by atoms with van der Waals surface area (Å²) in [6.45, 7) is 7.71. The van der Waals surface area contributed by atoms with Gasteiger partial charge in [-0.3, -0.25) is 4.79 Å². The number of unbranched alkanes of at least 4 members (excludes halogenated alkanes) is 5. The fourth-order valence-corrected chi connectivity index (χ4v) is 6.30. The molecular formula is C37H51IN2O3. The number of rotatable bonds is 19. The molecule has 0 spiro atoms. The van der Waals surface area contributed by atoms with Crippen LogP contribution in [0.25, 0.3) is 0 Å². The van der Waals surface area contributed by atoms with E-state index in [1.807, 2.05) is 42.5 Å². The summed E-state index contributed by atoms with van der Waals surface area (Å²) < 4.78 is 12.7. The molecule has 0 aromatic heterocycles. The van der Waals surface area contributed by atoms with Gasteiger partial charge in [0.05, 0.1) is 26.2 Å². The average molecular weight is 699 g/mol. The van der Waals surface area contributed by atoms with Gasteiger partial charge in [0.15, 0.2) is 6.04 Å². The fraction of sp³-hybridized carbons (Fsp3) is 0.486. The molecule has 234 valence electrons. The third-order valence-electron chi connectivity index (χ3n) is 8.57. The highest BCUT2D eigenvalue weighted by molar-refractivity contribution is 5.81. The summed E-state index contributed by atoms with van der Waals surface area (Å²) >= 11 is 0. The van der Waals surface area contributed by atoms with Crippen LogP contribution >= 0.6 is 0 Å². The first-order valence-corrected chi connectivity index (χ1v) is 16.3. The molecule has 1 heterocycles. The number of ether oxygens (including phenoxy) is 2. The molecule has 0 aliphatic carbocycles. The van der Waals surface area contributed by atoms with Crippen LogP contribution in [0.3, 0.4) is 0 Å². The SMILES string of the molecule is CCC[N+]1(C(Cc2ccccc2)C(=O)NCCCCCCCCOc2ccc(OCc3ccccc3)cc2)CCCC1.[I-]. The van der Waals surface area contributed by atoms with Crippen molar-refractivity contribution in [3.05, 3.63) is 96.1 Å². The van der Waals surface area contributed by atoms with Gasteiger partial charge in [-0.1, -0.05) is 93.3 Å². The maximum Gasteiger partial charge on any atom is 0.278 e. The van der Waals surface area contributed by atoms with E-state index in [0.29, 0.717) is 6.61 Å². The van der Waals surface area contributed by atoms with Crippen LogP contribution in [0.5, 0.6) is 11.5 Å². The minimum Gasteiger partial charge on any atom is -1.00 e. The molecule has 1 aliphatic rings. The first kappa shape index (κ1) is 34.9. The predicted molar refractivity (Wildman–Crippen MR) is 172 cm³/mol. The van der Waals surface area contributed by atoms with E-state index in [4.69, 9.17) is 9.47 Å². The molecule has 6 heteroatoms. The third-order valence-corrected chi connectivity index (χ3v) is 8.57. The minimum atomic E-state index is 0. The third kappa shape index (κ3) is 11.8. The molecule has 5 nitrogen and oxygen atoms in total. The van der Waals surface area contributed by atoms with Gasteiger partial charge in [-0.15, -0.1) is 0 Å². The number of likely N-dealkylation sites (tertiary alicyclic amines) is 1. The Bertz CT molecular complexity index is 1150. The smallest absolute Gasteiger partial charge is 0.278 e. The van der Waals surface area contributed by atoms with Crippen molar-refractivity contribution in [1.29, 1.82) is 0 Å². The van der Waals surface area contributed by atoms with Gasteiger partial charge in [0.25, 0.3) is 5.91 Å². The summed E-state index contributed by atoms with van der Waals surface area (Å²) in [4.78, 5) is 13.5. The molecule has 1 atom stereocenters. The number of amides is 1. The van der Waals surface area contributed by atoms with Crippen LogP contribution in [0, 0.1) is 0 Å². The number of halogens is 1. The summed E-state index contributed by atoms with van der Waals surface area (Å²) in [5.41, 5.74) is 2.43. The summed E-state index contributed by atoms with van der Waals surface area (Å²) in [5.74, 6) is 2.00. The molecule has 0 saturated carbocycles. The predicted octanol–water partition coefficient (Wildman–Crippen LogP) is 4.74. The molecule has 0 radical (unpaired) electrons. The van der Waals surface area contributed by atoms with Crippen molar-refractivity contribution in [3.63, 3.8) is 0 Å². The molecule has 1 aliphatic heterocycles. The quantitative estimate of drug-likeness (QED) is 0.112. The van der Waals surface area contributed by atoms with Gasteiger partial charge in [-0.05, 0) is 54.7 Å². The number of nitrogens with one attached hydrogen (secondary N) is 1. The van der Waals surface area contributed by atoms with Gasteiger partial charge in [0.2, 0.25) is 0 Å². The van der Waals surface area contributed by atoms with Gasteiger partial charge < -0.3 is 43.3 Å². The molecule has 1 amide bonds. The first-order chi connectivity index (χ1) is 20.7. The van der Waals surface area contributed by atoms with Crippen molar-refractivity contribution in [3.8, 4) is 11.5 Å². The largest absolute Gasteiger partial charge is 1.00 e. The molecule has 0 bridgehead atoms. The molecule has 4 rings (SSSR count). The highest BCUT2D eigenvalue weighted by Gasteiger charge is 2.43. The zero-order chi connectivity index (χ0) is 29.3. The lowest BCUT2D eigenvalue weighted by atomic mass is 10.0. The van der Waals surface area contributed by atoms with Crippen LogP contribution in [0.1, 0.15) is 75.8 Å². The Morgan fingerprint density at radius 3 is 1.93 bits per heavy atom. The lowest BCUT2D eigenvalue weighted by Gasteiger charge is -2.40. The van der Waals surface area contributed by atoms with Crippen LogP contribution in [-0.2, 0) is 17.8 Å². The van der Waals surface area contributed by atoms with E-state index in [-0.39, 0.29) is 35.9 Å². The van der Waals surface area contributed by atoms with Crippen molar-refractivity contribution >= 4 is 5.91 Å². The Morgan fingerprint density at radius 1 is 0.744 bits per heavy atom. The lowest BCUT2D eigenvalue weighted by molar-refractivity contribution is -0.931. The Balaban J connectivity index is 0.00000506. The zero-order valence-electron chi connectivity index (χ0n) is 26.0. The lowest BCUT2D eigenvalue weighted by Crippen LogP contribution is -3.00. The maximum absolute atomic E-state index is 13.5. The second-order valence-corrected chi connectivity index (χ2v) is 11.8. The summed E-state index contributed by atoms with van der Waals surface area (Å²) in [6, 6.07) is 28.7. The van der Waals surface area contributed by atoms with E-state index in [1.165, 1.54) is 37.7 Å². The van der Waals surface area contributed by atoms with Crippen molar-refractivity contribution in [2.75, 3.05) is 32.8 Å². The van der Waals surface area contributed by atoms with Crippen LogP contribution in [-0.4, -0.2) is 49.2 Å². The number of quaternary nitrogens is 1. The van der Waals surface area contributed by atoms with E-state index in [2.05, 4.69) is 54.7 Å². The molecule has 3 aromatic rings.